The van der Waals surface area contributed by atoms with E-state index in [1.807, 2.05) is 0 Å². The molecule has 0 saturated carbocycles. The van der Waals surface area contributed by atoms with Crippen LogP contribution in [0.25, 0.3) is 0 Å². The SMILES string of the molecule is CCN(CC(=O)NC(C)C)S(=O)(=O)c1ccc(Cl)c(C(F)(F)F)c1. The van der Waals surface area contributed by atoms with Crippen molar-refractivity contribution in [2.75, 3.05) is 13.1 Å². The normalized spacial score (nSPS) is 12.7. The molecule has 0 fully saturated rings. The minimum Gasteiger partial charge on any atom is -0.353 e. The lowest BCUT2D eigenvalue weighted by molar-refractivity contribution is -0.137. The van der Waals surface area contributed by atoms with Crippen LogP contribution in [-0.4, -0.2) is 37.8 Å². The number of nitrogens with one attached hydrogen (secondary N) is 1. The van der Waals surface area contributed by atoms with E-state index in [-0.39, 0.29) is 12.6 Å². The van der Waals surface area contributed by atoms with E-state index in [0.717, 1.165) is 16.4 Å². The van der Waals surface area contributed by atoms with Gasteiger partial charge in [-0.2, -0.15) is 17.5 Å². The van der Waals surface area contributed by atoms with E-state index in [9.17, 15) is 26.4 Å². The van der Waals surface area contributed by atoms with E-state index in [4.69, 9.17) is 11.6 Å². The Bertz CT molecular complexity index is 706. The van der Waals surface area contributed by atoms with Crippen LogP contribution in [0, 0.1) is 0 Å². The van der Waals surface area contributed by atoms with Gasteiger partial charge in [0, 0.05) is 12.6 Å². The van der Waals surface area contributed by atoms with Gasteiger partial charge in [-0.1, -0.05) is 18.5 Å². The number of carbonyl (C=O) groups excluding carboxylic acids is 1. The largest absolute Gasteiger partial charge is 0.417 e. The van der Waals surface area contributed by atoms with Crippen molar-refractivity contribution in [1.29, 1.82) is 0 Å². The highest BCUT2D eigenvalue weighted by Crippen LogP contribution is 2.36. The number of halogens is 4. The zero-order chi connectivity index (χ0) is 18.7. The molecule has 0 spiro atoms. The summed E-state index contributed by atoms with van der Waals surface area (Å²) in [6.07, 6.45) is -4.78. The summed E-state index contributed by atoms with van der Waals surface area (Å²) < 4.78 is 64.5. The summed E-state index contributed by atoms with van der Waals surface area (Å²) >= 11 is 5.49. The van der Waals surface area contributed by atoms with Crippen molar-refractivity contribution in [2.24, 2.45) is 0 Å². The standard InChI is InChI=1S/C14H18ClF3N2O3S/c1-4-20(8-13(21)19-9(2)3)24(22,23)10-5-6-12(15)11(7-10)14(16,17)18/h5-7,9H,4,8H2,1-3H3,(H,19,21). The third-order valence-corrected chi connectivity index (χ3v) is 5.25. The number of benzene rings is 1. The number of hydrogen-bond acceptors (Lipinski definition) is 3. The van der Waals surface area contributed by atoms with Gasteiger partial charge in [0.15, 0.2) is 0 Å². The average molecular weight is 387 g/mol. The van der Waals surface area contributed by atoms with E-state index >= 15 is 0 Å². The van der Waals surface area contributed by atoms with Crippen molar-refractivity contribution in [2.45, 2.75) is 37.9 Å². The molecule has 1 N–H and O–H groups in total. The molecule has 0 atom stereocenters. The molecule has 0 aliphatic rings. The Kier molecular flexibility index (Phi) is 6.66. The van der Waals surface area contributed by atoms with Gasteiger partial charge in [-0.15, -0.1) is 0 Å². The lowest BCUT2D eigenvalue weighted by Crippen LogP contribution is -2.42. The maximum Gasteiger partial charge on any atom is 0.417 e. The smallest absolute Gasteiger partial charge is 0.353 e. The van der Waals surface area contributed by atoms with Crippen LogP contribution in [0.15, 0.2) is 23.1 Å². The van der Waals surface area contributed by atoms with Crippen LogP contribution < -0.4 is 5.32 Å². The fourth-order valence-corrected chi connectivity index (χ4v) is 3.58. The van der Waals surface area contributed by atoms with E-state index < -0.39 is 44.1 Å². The maximum absolute atomic E-state index is 12.9. The lowest BCUT2D eigenvalue weighted by Gasteiger charge is -2.21. The van der Waals surface area contributed by atoms with Crippen molar-refractivity contribution >= 4 is 27.5 Å². The third kappa shape index (κ3) is 5.09. The summed E-state index contributed by atoms with van der Waals surface area (Å²) in [6, 6.07) is 2.14. The molecule has 1 aromatic carbocycles. The second kappa shape index (κ2) is 7.71. The average Bonchev–Trinajstić information content (AvgIpc) is 2.42. The first-order valence-electron chi connectivity index (χ1n) is 7.05. The summed E-state index contributed by atoms with van der Waals surface area (Å²) in [5, 5.41) is 1.93. The monoisotopic (exact) mass is 386 g/mol. The molecule has 0 saturated heterocycles. The number of hydrogen-bond donors (Lipinski definition) is 1. The van der Waals surface area contributed by atoms with E-state index in [1.54, 1.807) is 13.8 Å². The van der Waals surface area contributed by atoms with Gasteiger partial charge in [0.05, 0.1) is 22.0 Å². The molecule has 5 nitrogen and oxygen atoms in total. The quantitative estimate of drug-likeness (QED) is 0.817. The van der Waals surface area contributed by atoms with Crippen LogP contribution in [-0.2, 0) is 21.0 Å². The molecular weight excluding hydrogens is 369 g/mol. The van der Waals surface area contributed by atoms with Crippen molar-refractivity contribution in [1.82, 2.24) is 9.62 Å². The molecule has 1 aromatic rings. The van der Waals surface area contributed by atoms with E-state index in [1.165, 1.54) is 6.92 Å². The van der Waals surface area contributed by atoms with Gasteiger partial charge in [-0.25, -0.2) is 8.42 Å². The molecule has 0 aromatic heterocycles. The van der Waals surface area contributed by atoms with Crippen molar-refractivity contribution in [3.63, 3.8) is 0 Å². The molecule has 0 aliphatic heterocycles. The van der Waals surface area contributed by atoms with Crippen LogP contribution in [0.1, 0.15) is 26.3 Å². The van der Waals surface area contributed by atoms with Gasteiger partial charge in [0.1, 0.15) is 0 Å². The molecule has 0 heterocycles. The van der Waals surface area contributed by atoms with Crippen molar-refractivity contribution in [3.8, 4) is 0 Å². The minimum atomic E-state index is -4.78. The molecule has 0 unspecified atom stereocenters. The summed E-state index contributed by atoms with van der Waals surface area (Å²) in [4.78, 5) is 11.2. The first-order valence-corrected chi connectivity index (χ1v) is 8.87. The molecule has 10 heteroatoms. The van der Waals surface area contributed by atoms with Crippen LogP contribution in [0.4, 0.5) is 13.2 Å². The highest BCUT2D eigenvalue weighted by molar-refractivity contribution is 7.89. The molecule has 1 rings (SSSR count). The molecule has 24 heavy (non-hydrogen) atoms. The fourth-order valence-electron chi connectivity index (χ4n) is 1.93. The Morgan fingerprint density at radius 3 is 2.38 bits per heavy atom. The first-order chi connectivity index (χ1) is 10.9. The van der Waals surface area contributed by atoms with Crippen LogP contribution >= 0.6 is 11.6 Å². The molecule has 136 valence electrons. The number of sulfonamides is 1. The summed E-state index contributed by atoms with van der Waals surface area (Å²) in [6.45, 7) is 4.34. The highest BCUT2D eigenvalue weighted by atomic mass is 35.5. The maximum atomic E-state index is 12.9. The molecule has 1 amide bonds. The topological polar surface area (TPSA) is 66.5 Å². The number of amides is 1. The number of likely N-dealkylation sites (N-methyl/N-ethyl adjacent to an activating group) is 1. The number of rotatable bonds is 6. The van der Waals surface area contributed by atoms with Crippen molar-refractivity contribution < 1.29 is 26.4 Å². The molecule has 0 bridgehead atoms. The summed E-state index contributed by atoms with van der Waals surface area (Å²) in [5.41, 5.74) is -1.24. The highest BCUT2D eigenvalue weighted by Gasteiger charge is 2.35. The van der Waals surface area contributed by atoms with E-state index in [2.05, 4.69) is 5.32 Å². The Morgan fingerprint density at radius 1 is 1.33 bits per heavy atom. The van der Waals surface area contributed by atoms with Gasteiger partial charge in [-0.05, 0) is 32.0 Å². The van der Waals surface area contributed by atoms with Gasteiger partial charge in [-0.3, -0.25) is 4.79 Å². The Labute approximate surface area is 143 Å². The third-order valence-electron chi connectivity index (χ3n) is 3.00. The summed E-state index contributed by atoms with van der Waals surface area (Å²) in [7, 11) is -4.27. The Balaban J connectivity index is 3.20. The molecule has 0 radical (unpaired) electrons. The predicted molar refractivity (Wildman–Crippen MR) is 84.2 cm³/mol. The van der Waals surface area contributed by atoms with Gasteiger partial charge in [0.25, 0.3) is 0 Å². The molecular formula is C14H18ClF3N2O3S. The second-order valence-corrected chi connectivity index (χ2v) is 7.64. The van der Waals surface area contributed by atoms with Crippen LogP contribution in [0.2, 0.25) is 5.02 Å². The fraction of sp³-hybridized carbons (Fsp3) is 0.500. The molecule has 0 aliphatic carbocycles. The van der Waals surface area contributed by atoms with Crippen molar-refractivity contribution in [3.05, 3.63) is 28.8 Å². The predicted octanol–water partition coefficient (Wildman–Crippen LogP) is 2.89. The number of nitrogens with zero attached hydrogens (tertiary/aromatic N) is 1. The Morgan fingerprint density at radius 2 is 1.92 bits per heavy atom. The first kappa shape index (κ1) is 20.7. The zero-order valence-corrected chi connectivity index (χ0v) is 14.9. The van der Waals surface area contributed by atoms with Crippen LogP contribution in [0.5, 0.6) is 0 Å². The minimum absolute atomic E-state index is 0.0716. The second-order valence-electron chi connectivity index (χ2n) is 5.29. The van der Waals surface area contributed by atoms with Crippen LogP contribution in [0.3, 0.4) is 0 Å². The van der Waals surface area contributed by atoms with E-state index in [0.29, 0.717) is 6.07 Å². The van der Waals surface area contributed by atoms with Gasteiger partial charge < -0.3 is 5.32 Å². The summed E-state index contributed by atoms with van der Waals surface area (Å²) in [5.74, 6) is -0.541. The number of alkyl halides is 3. The zero-order valence-electron chi connectivity index (χ0n) is 13.3. The van der Waals surface area contributed by atoms with Gasteiger partial charge in [0.2, 0.25) is 15.9 Å². The lowest BCUT2D eigenvalue weighted by atomic mass is 10.2. The van der Waals surface area contributed by atoms with Gasteiger partial charge >= 0.3 is 6.18 Å². The Hall–Kier alpha value is -1.32. The number of carbonyl (C=O) groups is 1.